The van der Waals surface area contributed by atoms with Gasteiger partial charge in [-0.3, -0.25) is 4.90 Å². The molecule has 1 fully saturated rings. The minimum absolute atomic E-state index is 0.227. The van der Waals surface area contributed by atoms with Crippen LogP contribution < -0.4 is 0 Å². The summed E-state index contributed by atoms with van der Waals surface area (Å²) >= 11 is 0. The molecule has 0 N–H and O–H groups in total. The predicted octanol–water partition coefficient (Wildman–Crippen LogP) is 1.16. The van der Waals surface area contributed by atoms with Gasteiger partial charge < -0.3 is 0 Å². The second-order valence-corrected chi connectivity index (χ2v) is 2.50. The van der Waals surface area contributed by atoms with Crippen LogP contribution in [0.15, 0.2) is 12.2 Å². The average molecular weight is 136 g/mol. The van der Waals surface area contributed by atoms with Gasteiger partial charge in [0.2, 0.25) is 0 Å². The summed E-state index contributed by atoms with van der Waals surface area (Å²) in [7, 11) is 0. The van der Waals surface area contributed by atoms with Gasteiger partial charge in [-0.15, -0.1) is 0 Å². The van der Waals surface area contributed by atoms with Crippen molar-refractivity contribution in [1.82, 2.24) is 4.90 Å². The van der Waals surface area contributed by atoms with Crippen LogP contribution in [0.25, 0.3) is 0 Å². The monoisotopic (exact) mass is 136 g/mol. The van der Waals surface area contributed by atoms with Crippen molar-refractivity contribution < 1.29 is 0 Å². The maximum absolute atomic E-state index is 8.42. The van der Waals surface area contributed by atoms with Gasteiger partial charge >= 0.3 is 0 Å². The van der Waals surface area contributed by atoms with E-state index in [0.29, 0.717) is 0 Å². The Labute approximate surface area is 61.8 Å². The Morgan fingerprint density at radius 2 is 2.60 bits per heavy atom. The molecule has 0 spiro atoms. The first-order chi connectivity index (χ1) is 4.88. The van der Waals surface area contributed by atoms with E-state index in [-0.39, 0.29) is 6.04 Å². The van der Waals surface area contributed by atoms with Gasteiger partial charge in [0.15, 0.2) is 0 Å². The van der Waals surface area contributed by atoms with E-state index in [1.54, 1.807) is 0 Å². The van der Waals surface area contributed by atoms with Crippen molar-refractivity contribution in [2.45, 2.75) is 19.4 Å². The molecule has 0 bridgehead atoms. The lowest BCUT2D eigenvalue weighted by molar-refractivity contribution is 0.544. The summed E-state index contributed by atoms with van der Waals surface area (Å²) in [6, 6.07) is 2.44. The van der Waals surface area contributed by atoms with E-state index in [1.807, 2.05) is 13.0 Å². The van der Waals surface area contributed by atoms with Crippen LogP contribution in [0.5, 0.6) is 0 Å². The first-order valence-corrected chi connectivity index (χ1v) is 3.63. The Kier molecular flexibility index (Phi) is 2.47. The number of hydrogen-bond donors (Lipinski definition) is 0. The van der Waals surface area contributed by atoms with E-state index in [4.69, 9.17) is 5.26 Å². The molecule has 0 saturated carbocycles. The summed E-state index contributed by atoms with van der Waals surface area (Å²) < 4.78 is 0. The topological polar surface area (TPSA) is 26.8 Å². The van der Waals surface area contributed by atoms with Crippen molar-refractivity contribution in [3.05, 3.63) is 12.2 Å². The summed E-state index contributed by atoms with van der Waals surface area (Å²) in [5.74, 6) is 0. The van der Waals surface area contributed by atoms with Gasteiger partial charge in [-0.1, -0.05) is 12.2 Å². The first kappa shape index (κ1) is 7.30. The molecule has 2 heteroatoms. The van der Waals surface area contributed by atoms with Crippen LogP contribution in [0.4, 0.5) is 0 Å². The second kappa shape index (κ2) is 3.38. The molecule has 2 unspecified atom stereocenters. The largest absolute Gasteiger partial charge is 0.284 e. The zero-order valence-electron chi connectivity index (χ0n) is 6.25. The lowest BCUT2D eigenvalue weighted by Crippen LogP contribution is -2.00. The molecule has 0 aromatic carbocycles. The molecule has 2 atom stereocenters. The molecule has 0 amide bonds. The zero-order chi connectivity index (χ0) is 7.40. The molecule has 1 heterocycles. The molecule has 1 aliphatic rings. The quantitative estimate of drug-likeness (QED) is 0.430. The van der Waals surface area contributed by atoms with Crippen LogP contribution in [0.1, 0.15) is 13.3 Å². The third-order valence-electron chi connectivity index (χ3n) is 1.68. The van der Waals surface area contributed by atoms with Gasteiger partial charge in [0.25, 0.3) is 0 Å². The fourth-order valence-corrected chi connectivity index (χ4v) is 0.952. The Bertz CT molecular complexity index is 167. The van der Waals surface area contributed by atoms with E-state index < -0.39 is 0 Å². The second-order valence-electron chi connectivity index (χ2n) is 2.50. The molecule has 0 aromatic rings. The van der Waals surface area contributed by atoms with Gasteiger partial charge in [0.05, 0.1) is 6.07 Å². The van der Waals surface area contributed by atoms with Crippen molar-refractivity contribution in [3.63, 3.8) is 0 Å². The smallest absolute Gasteiger partial charge is 0.111 e. The maximum atomic E-state index is 8.42. The Hall–Kier alpha value is -0.810. The molecule has 0 aromatic heterocycles. The summed E-state index contributed by atoms with van der Waals surface area (Å²) in [6.45, 7) is 4.04. The zero-order valence-corrected chi connectivity index (χ0v) is 6.25. The third-order valence-corrected chi connectivity index (χ3v) is 1.68. The van der Waals surface area contributed by atoms with E-state index in [9.17, 15) is 0 Å². The van der Waals surface area contributed by atoms with Crippen LogP contribution in [0.2, 0.25) is 0 Å². The van der Waals surface area contributed by atoms with Crippen LogP contribution in [-0.2, 0) is 0 Å². The number of hydrogen-bond acceptors (Lipinski definition) is 2. The van der Waals surface area contributed by atoms with E-state index in [0.717, 1.165) is 19.5 Å². The minimum atomic E-state index is 0.227. The highest BCUT2D eigenvalue weighted by molar-refractivity contribution is 5.05. The van der Waals surface area contributed by atoms with Gasteiger partial charge in [-0.05, 0) is 13.3 Å². The third kappa shape index (κ3) is 1.85. The lowest BCUT2D eigenvalue weighted by Gasteiger charge is -1.93. The van der Waals surface area contributed by atoms with Crippen LogP contribution in [0, 0.1) is 11.3 Å². The number of nitrogens with zero attached hydrogens (tertiary/aromatic N) is 2. The summed E-state index contributed by atoms with van der Waals surface area (Å²) in [5.41, 5.74) is 0. The fraction of sp³-hybridized carbons (Fsp3) is 0.625. The number of allylic oxidation sites excluding steroid dienone is 1. The molecular weight excluding hydrogens is 124 g/mol. The highest BCUT2D eigenvalue weighted by Crippen LogP contribution is 2.15. The predicted molar refractivity (Wildman–Crippen MR) is 40.4 cm³/mol. The van der Waals surface area contributed by atoms with Gasteiger partial charge in [-0.25, -0.2) is 0 Å². The van der Waals surface area contributed by atoms with Gasteiger partial charge in [0.1, 0.15) is 6.04 Å². The highest BCUT2D eigenvalue weighted by atomic mass is 15.3. The van der Waals surface area contributed by atoms with E-state index in [1.165, 1.54) is 0 Å². The summed E-state index contributed by atoms with van der Waals surface area (Å²) in [5, 5.41) is 8.42. The van der Waals surface area contributed by atoms with Crippen molar-refractivity contribution in [1.29, 1.82) is 5.26 Å². The molecule has 54 valence electrons. The molecule has 0 aliphatic carbocycles. The number of nitriles is 1. The maximum Gasteiger partial charge on any atom is 0.111 e. The Morgan fingerprint density at radius 1 is 1.80 bits per heavy atom. The lowest BCUT2D eigenvalue weighted by atomic mass is 10.4. The van der Waals surface area contributed by atoms with Gasteiger partial charge in [-0.2, -0.15) is 5.26 Å². The molecular formula is C8H12N2. The summed E-state index contributed by atoms with van der Waals surface area (Å²) in [4.78, 5) is 2.17. The molecule has 1 rings (SSSR count). The Morgan fingerprint density at radius 3 is 3.10 bits per heavy atom. The fourth-order valence-electron chi connectivity index (χ4n) is 0.952. The van der Waals surface area contributed by atoms with E-state index >= 15 is 0 Å². The van der Waals surface area contributed by atoms with Crippen LogP contribution in [0.3, 0.4) is 0 Å². The van der Waals surface area contributed by atoms with Crippen molar-refractivity contribution in [3.8, 4) is 6.07 Å². The molecule has 0 radical (unpaired) electrons. The van der Waals surface area contributed by atoms with Crippen molar-refractivity contribution in [2.24, 2.45) is 0 Å². The van der Waals surface area contributed by atoms with Crippen molar-refractivity contribution >= 4 is 0 Å². The summed E-state index contributed by atoms with van der Waals surface area (Å²) in [6.07, 6.45) is 5.26. The molecule has 2 nitrogen and oxygen atoms in total. The molecule has 1 saturated heterocycles. The first-order valence-electron chi connectivity index (χ1n) is 3.63. The Balaban J connectivity index is 2.03. The average Bonchev–Trinajstić information content (AvgIpc) is 2.68. The molecule has 10 heavy (non-hydrogen) atoms. The normalized spacial score (nSPS) is 30.4. The van der Waals surface area contributed by atoms with Crippen LogP contribution >= 0.6 is 0 Å². The molecule has 1 aliphatic heterocycles. The van der Waals surface area contributed by atoms with Gasteiger partial charge in [0, 0.05) is 13.1 Å². The standard InChI is InChI=1S/C8H12N2/c1-2-3-4-5-10-7-8(10)6-9/h2-3,8H,4-5,7H2,1H3. The number of rotatable bonds is 3. The minimum Gasteiger partial charge on any atom is -0.284 e. The van der Waals surface area contributed by atoms with Crippen LogP contribution in [-0.4, -0.2) is 24.0 Å². The SMILES string of the molecule is CC=CCCN1CC1C#N. The van der Waals surface area contributed by atoms with Crippen molar-refractivity contribution in [2.75, 3.05) is 13.1 Å². The van der Waals surface area contributed by atoms with E-state index in [2.05, 4.69) is 17.0 Å². The highest BCUT2D eigenvalue weighted by Gasteiger charge is 2.32.